The first-order chi connectivity index (χ1) is 12.9. The molecule has 0 saturated heterocycles. The summed E-state index contributed by atoms with van der Waals surface area (Å²) in [6, 6.07) is 11.4. The Hall–Kier alpha value is -3.42. The van der Waals surface area contributed by atoms with Crippen molar-refractivity contribution in [1.82, 2.24) is 0 Å². The van der Waals surface area contributed by atoms with Crippen molar-refractivity contribution in [2.45, 2.75) is 26.4 Å². The van der Waals surface area contributed by atoms with E-state index in [1.54, 1.807) is 12.1 Å². The van der Waals surface area contributed by atoms with Gasteiger partial charge < -0.3 is 14.2 Å². The first-order valence-electron chi connectivity index (χ1n) is 8.30. The lowest BCUT2D eigenvalue weighted by Gasteiger charge is -2.14. The quantitative estimate of drug-likeness (QED) is 0.302. The van der Waals surface area contributed by atoms with Crippen molar-refractivity contribution in [2.24, 2.45) is 0 Å². The lowest BCUT2D eigenvalue weighted by Crippen LogP contribution is -2.28. The molecule has 142 valence electrons. The second-order valence-corrected chi connectivity index (χ2v) is 5.60. The monoisotopic (exact) mass is 373 g/mol. The average Bonchev–Trinajstić information content (AvgIpc) is 2.66. The second kappa shape index (κ2) is 9.33. The predicted molar refractivity (Wildman–Crippen MR) is 95.8 cm³/mol. The molecule has 0 N–H and O–H groups in total. The third-order valence-electron chi connectivity index (χ3n) is 3.42. The van der Waals surface area contributed by atoms with Gasteiger partial charge in [-0.1, -0.05) is 13.0 Å². The maximum atomic E-state index is 12.2. The van der Waals surface area contributed by atoms with E-state index in [9.17, 15) is 19.7 Å². The highest BCUT2D eigenvalue weighted by Crippen LogP contribution is 2.20. The number of nitro groups is 1. The minimum Gasteiger partial charge on any atom is -0.479 e. The first kappa shape index (κ1) is 19.9. The molecule has 2 rings (SSSR count). The van der Waals surface area contributed by atoms with Gasteiger partial charge in [-0.05, 0) is 43.7 Å². The lowest BCUT2D eigenvalue weighted by atomic mass is 10.2. The normalized spacial score (nSPS) is 11.3. The van der Waals surface area contributed by atoms with Crippen molar-refractivity contribution < 1.29 is 28.7 Å². The highest BCUT2D eigenvalue weighted by Gasteiger charge is 2.19. The van der Waals surface area contributed by atoms with Crippen molar-refractivity contribution in [3.05, 3.63) is 64.2 Å². The van der Waals surface area contributed by atoms with E-state index < -0.39 is 23.0 Å². The fourth-order valence-electron chi connectivity index (χ4n) is 2.06. The number of esters is 2. The summed E-state index contributed by atoms with van der Waals surface area (Å²) >= 11 is 0. The van der Waals surface area contributed by atoms with E-state index in [0.29, 0.717) is 18.8 Å². The standard InChI is InChI=1S/C19H19NO7/c1-3-11-25-19(22)14-5-4-6-17(12-14)27-18(21)13(2)26-16-9-7-15(8-10-16)20(23)24/h4-10,12-13H,3,11H2,1-2H3. The molecule has 0 spiro atoms. The zero-order valence-electron chi connectivity index (χ0n) is 14.9. The fraction of sp³-hybridized carbons (Fsp3) is 0.263. The number of carbonyl (C=O) groups excluding carboxylic acids is 2. The van der Waals surface area contributed by atoms with Gasteiger partial charge in [0.1, 0.15) is 11.5 Å². The van der Waals surface area contributed by atoms with Crippen LogP contribution in [0.2, 0.25) is 0 Å². The van der Waals surface area contributed by atoms with Gasteiger partial charge in [0.25, 0.3) is 5.69 Å². The molecule has 8 nitrogen and oxygen atoms in total. The van der Waals surface area contributed by atoms with Gasteiger partial charge in [-0.25, -0.2) is 9.59 Å². The average molecular weight is 373 g/mol. The van der Waals surface area contributed by atoms with Crippen molar-refractivity contribution in [3.63, 3.8) is 0 Å². The van der Waals surface area contributed by atoms with Crippen molar-refractivity contribution in [2.75, 3.05) is 6.61 Å². The van der Waals surface area contributed by atoms with Crippen LogP contribution in [0.3, 0.4) is 0 Å². The van der Waals surface area contributed by atoms with Crippen LogP contribution in [-0.2, 0) is 9.53 Å². The zero-order chi connectivity index (χ0) is 19.8. The Bertz CT molecular complexity index is 817. The summed E-state index contributed by atoms with van der Waals surface area (Å²) in [7, 11) is 0. The van der Waals surface area contributed by atoms with Gasteiger partial charge in [0.15, 0.2) is 6.10 Å². The van der Waals surface area contributed by atoms with Gasteiger partial charge in [0.2, 0.25) is 0 Å². The SMILES string of the molecule is CCCOC(=O)c1cccc(OC(=O)C(C)Oc2ccc([N+](=O)[O-])cc2)c1. The molecule has 0 aliphatic carbocycles. The van der Waals surface area contributed by atoms with E-state index in [4.69, 9.17) is 14.2 Å². The van der Waals surface area contributed by atoms with Gasteiger partial charge in [0.05, 0.1) is 17.1 Å². The summed E-state index contributed by atoms with van der Waals surface area (Å²) < 4.78 is 15.7. The van der Waals surface area contributed by atoms with Crippen LogP contribution in [0.15, 0.2) is 48.5 Å². The molecule has 0 aromatic heterocycles. The van der Waals surface area contributed by atoms with Crippen LogP contribution in [0.25, 0.3) is 0 Å². The molecule has 0 aliphatic rings. The maximum Gasteiger partial charge on any atom is 0.352 e. The summed E-state index contributed by atoms with van der Waals surface area (Å²) in [5.74, 6) is -0.690. The number of hydrogen-bond acceptors (Lipinski definition) is 7. The van der Waals surface area contributed by atoms with Gasteiger partial charge in [-0.2, -0.15) is 0 Å². The van der Waals surface area contributed by atoms with Gasteiger partial charge in [-0.3, -0.25) is 10.1 Å². The van der Waals surface area contributed by atoms with Crippen LogP contribution >= 0.6 is 0 Å². The molecule has 0 heterocycles. The van der Waals surface area contributed by atoms with Crippen molar-refractivity contribution in [3.8, 4) is 11.5 Å². The topological polar surface area (TPSA) is 105 Å². The van der Waals surface area contributed by atoms with Crippen LogP contribution in [0.1, 0.15) is 30.6 Å². The van der Waals surface area contributed by atoms with Crippen LogP contribution in [-0.4, -0.2) is 29.6 Å². The largest absolute Gasteiger partial charge is 0.479 e. The number of nitro benzene ring substituents is 1. The van der Waals surface area contributed by atoms with E-state index in [1.807, 2.05) is 6.92 Å². The Morgan fingerprint density at radius 3 is 2.44 bits per heavy atom. The second-order valence-electron chi connectivity index (χ2n) is 5.60. The molecule has 1 unspecified atom stereocenters. The van der Waals surface area contributed by atoms with Gasteiger partial charge in [0, 0.05) is 12.1 Å². The Labute approximate surface area is 155 Å². The van der Waals surface area contributed by atoms with Crippen LogP contribution in [0.5, 0.6) is 11.5 Å². The number of carbonyl (C=O) groups is 2. The summed E-state index contributed by atoms with van der Waals surface area (Å²) in [5.41, 5.74) is 0.196. The molecule has 2 aromatic carbocycles. The molecule has 0 bridgehead atoms. The van der Waals surface area contributed by atoms with E-state index in [1.165, 1.54) is 43.3 Å². The minimum absolute atomic E-state index is 0.0793. The van der Waals surface area contributed by atoms with Gasteiger partial charge >= 0.3 is 11.9 Å². The molecule has 0 fully saturated rings. The highest BCUT2D eigenvalue weighted by atomic mass is 16.6. The molecular formula is C19H19NO7. The van der Waals surface area contributed by atoms with E-state index >= 15 is 0 Å². The number of non-ortho nitro benzene ring substituents is 1. The molecule has 27 heavy (non-hydrogen) atoms. The number of hydrogen-bond donors (Lipinski definition) is 0. The number of ether oxygens (including phenoxy) is 3. The number of nitrogens with zero attached hydrogens (tertiary/aromatic N) is 1. The Kier molecular flexibility index (Phi) is 6.87. The molecular weight excluding hydrogens is 354 g/mol. The molecule has 0 amide bonds. The molecule has 0 saturated carbocycles. The van der Waals surface area contributed by atoms with Crippen LogP contribution < -0.4 is 9.47 Å². The fourth-order valence-corrected chi connectivity index (χ4v) is 2.06. The third-order valence-corrected chi connectivity index (χ3v) is 3.42. The van der Waals surface area contributed by atoms with Crippen LogP contribution in [0, 0.1) is 10.1 Å². The van der Waals surface area contributed by atoms with E-state index in [0.717, 1.165) is 0 Å². The zero-order valence-corrected chi connectivity index (χ0v) is 14.9. The molecule has 0 aliphatic heterocycles. The smallest absolute Gasteiger partial charge is 0.352 e. The minimum atomic E-state index is -0.956. The lowest BCUT2D eigenvalue weighted by molar-refractivity contribution is -0.384. The third kappa shape index (κ3) is 5.81. The van der Waals surface area contributed by atoms with Crippen molar-refractivity contribution >= 4 is 17.6 Å². The molecule has 2 aromatic rings. The molecule has 8 heteroatoms. The molecule has 0 radical (unpaired) electrons. The Morgan fingerprint density at radius 1 is 1.11 bits per heavy atom. The van der Waals surface area contributed by atoms with Gasteiger partial charge in [-0.15, -0.1) is 0 Å². The Morgan fingerprint density at radius 2 is 1.81 bits per heavy atom. The molecule has 1 atom stereocenters. The highest BCUT2D eigenvalue weighted by molar-refractivity contribution is 5.90. The summed E-state index contributed by atoms with van der Waals surface area (Å²) in [4.78, 5) is 34.1. The van der Waals surface area contributed by atoms with Crippen LogP contribution in [0.4, 0.5) is 5.69 Å². The predicted octanol–water partition coefficient (Wildman–Crippen LogP) is 3.53. The van der Waals surface area contributed by atoms with Crippen molar-refractivity contribution in [1.29, 1.82) is 0 Å². The Balaban J connectivity index is 1.97. The van der Waals surface area contributed by atoms with E-state index in [-0.39, 0.29) is 17.0 Å². The number of benzene rings is 2. The number of rotatable bonds is 8. The maximum absolute atomic E-state index is 12.2. The summed E-state index contributed by atoms with van der Waals surface area (Å²) in [5, 5.41) is 10.6. The first-order valence-corrected chi connectivity index (χ1v) is 8.30. The summed E-state index contributed by atoms with van der Waals surface area (Å²) in [6.07, 6.45) is -0.250. The van der Waals surface area contributed by atoms with E-state index in [2.05, 4.69) is 0 Å². The summed E-state index contributed by atoms with van der Waals surface area (Å²) in [6.45, 7) is 3.68.